The topological polar surface area (TPSA) is 49.4 Å². The zero-order valence-electron chi connectivity index (χ0n) is 13.0. The fraction of sp³-hybridized carbons (Fsp3) is 0.875. The monoisotopic (exact) mass is 280 g/mol. The average molecular weight is 280 g/mol. The van der Waals surface area contributed by atoms with Crippen LogP contribution in [0.1, 0.15) is 65.7 Å². The van der Waals surface area contributed by atoms with E-state index in [4.69, 9.17) is 0 Å². The number of hydrogen-bond acceptors (Lipinski definition) is 2. The van der Waals surface area contributed by atoms with Crippen LogP contribution in [0.3, 0.4) is 0 Å². The summed E-state index contributed by atoms with van der Waals surface area (Å²) >= 11 is 0. The van der Waals surface area contributed by atoms with Gasteiger partial charge in [0.25, 0.3) is 0 Å². The number of rotatable bonds is 4. The van der Waals surface area contributed by atoms with E-state index in [0.29, 0.717) is 12.3 Å². The number of piperazine rings is 1. The molecule has 2 rings (SSSR count). The van der Waals surface area contributed by atoms with Gasteiger partial charge in [0, 0.05) is 6.04 Å². The first-order chi connectivity index (χ1) is 9.58. The van der Waals surface area contributed by atoms with Crippen LogP contribution < -0.4 is 5.32 Å². The molecule has 4 heteroatoms. The van der Waals surface area contributed by atoms with Gasteiger partial charge in [0.15, 0.2) is 0 Å². The van der Waals surface area contributed by atoms with E-state index < -0.39 is 0 Å². The summed E-state index contributed by atoms with van der Waals surface area (Å²) in [5, 5.41) is 2.92. The Labute approximate surface area is 122 Å². The molecule has 4 unspecified atom stereocenters. The van der Waals surface area contributed by atoms with Crippen molar-refractivity contribution in [3.05, 3.63) is 0 Å². The Bertz CT molecular complexity index is 369. The van der Waals surface area contributed by atoms with Crippen molar-refractivity contribution in [3.8, 4) is 0 Å². The molecule has 2 aliphatic rings. The van der Waals surface area contributed by atoms with E-state index in [1.165, 1.54) is 12.8 Å². The molecular weight excluding hydrogens is 252 g/mol. The van der Waals surface area contributed by atoms with Crippen LogP contribution in [0.4, 0.5) is 0 Å². The van der Waals surface area contributed by atoms with Crippen molar-refractivity contribution in [2.75, 3.05) is 0 Å². The van der Waals surface area contributed by atoms with Gasteiger partial charge < -0.3 is 10.2 Å². The number of carbonyl (C=O) groups excluding carboxylic acids is 2. The molecule has 2 fully saturated rings. The Morgan fingerprint density at radius 1 is 1.25 bits per heavy atom. The number of hydrogen-bond donors (Lipinski definition) is 1. The fourth-order valence-electron chi connectivity index (χ4n) is 3.75. The van der Waals surface area contributed by atoms with Crippen LogP contribution in [-0.4, -0.2) is 34.8 Å². The van der Waals surface area contributed by atoms with Crippen molar-refractivity contribution in [2.45, 2.75) is 83.8 Å². The maximum Gasteiger partial charge on any atom is 0.246 e. The minimum absolute atomic E-state index is 0.0452. The van der Waals surface area contributed by atoms with Gasteiger partial charge in [-0.3, -0.25) is 9.59 Å². The minimum Gasteiger partial charge on any atom is -0.343 e. The van der Waals surface area contributed by atoms with Gasteiger partial charge in [-0.25, -0.2) is 0 Å². The predicted molar refractivity (Wildman–Crippen MR) is 79.2 cm³/mol. The van der Waals surface area contributed by atoms with Gasteiger partial charge in [0.1, 0.15) is 12.1 Å². The first kappa shape index (κ1) is 15.3. The highest BCUT2D eigenvalue weighted by Gasteiger charge is 2.43. The van der Waals surface area contributed by atoms with Gasteiger partial charge in [-0.1, -0.05) is 40.0 Å². The highest BCUT2D eigenvalue weighted by atomic mass is 16.2. The van der Waals surface area contributed by atoms with Gasteiger partial charge in [0.2, 0.25) is 11.8 Å². The summed E-state index contributed by atoms with van der Waals surface area (Å²) in [6.07, 6.45) is 6.91. The van der Waals surface area contributed by atoms with Crippen LogP contribution in [0.25, 0.3) is 0 Å². The summed E-state index contributed by atoms with van der Waals surface area (Å²) in [6, 6.07) is -0.292. The van der Waals surface area contributed by atoms with E-state index >= 15 is 0 Å². The predicted octanol–water partition coefficient (Wildman–Crippen LogP) is 2.47. The lowest BCUT2D eigenvalue weighted by Gasteiger charge is -2.45. The van der Waals surface area contributed by atoms with Crippen LogP contribution in [0.2, 0.25) is 0 Å². The maximum atomic E-state index is 12.7. The third-order valence-corrected chi connectivity index (χ3v) is 4.77. The number of nitrogens with zero attached hydrogens (tertiary/aromatic N) is 1. The van der Waals surface area contributed by atoms with Crippen molar-refractivity contribution in [2.24, 2.45) is 5.92 Å². The molecule has 0 bridgehead atoms. The normalized spacial score (nSPS) is 35.0. The minimum atomic E-state index is -0.299. The smallest absolute Gasteiger partial charge is 0.246 e. The van der Waals surface area contributed by atoms with Crippen LogP contribution in [-0.2, 0) is 9.59 Å². The zero-order valence-corrected chi connectivity index (χ0v) is 13.0. The lowest BCUT2D eigenvalue weighted by molar-refractivity contribution is -0.153. The molecule has 114 valence electrons. The molecule has 0 radical (unpaired) electrons. The van der Waals surface area contributed by atoms with Gasteiger partial charge in [0.05, 0.1) is 0 Å². The first-order valence-corrected chi connectivity index (χ1v) is 8.21. The third-order valence-electron chi connectivity index (χ3n) is 4.77. The Kier molecular flexibility index (Phi) is 5.06. The summed E-state index contributed by atoms with van der Waals surface area (Å²) in [4.78, 5) is 27.0. The van der Waals surface area contributed by atoms with E-state index in [0.717, 1.165) is 25.7 Å². The average Bonchev–Trinajstić information content (AvgIpc) is 2.42. The highest BCUT2D eigenvalue weighted by molar-refractivity contribution is 5.97. The molecule has 0 aromatic carbocycles. The SMILES string of the molecule is CCCC1NC(=O)C(CC)N(C2CCCC(C)C2)C1=O. The molecule has 1 heterocycles. The molecule has 0 spiro atoms. The molecule has 20 heavy (non-hydrogen) atoms. The van der Waals surface area contributed by atoms with Crippen molar-refractivity contribution in [3.63, 3.8) is 0 Å². The van der Waals surface area contributed by atoms with Gasteiger partial charge in [-0.05, 0) is 31.6 Å². The summed E-state index contributed by atoms with van der Waals surface area (Å²) < 4.78 is 0. The Hall–Kier alpha value is -1.06. The van der Waals surface area contributed by atoms with Crippen LogP contribution in [0.5, 0.6) is 0 Å². The van der Waals surface area contributed by atoms with Crippen molar-refractivity contribution in [1.29, 1.82) is 0 Å². The van der Waals surface area contributed by atoms with Crippen LogP contribution >= 0.6 is 0 Å². The summed E-state index contributed by atoms with van der Waals surface area (Å²) in [7, 11) is 0. The van der Waals surface area contributed by atoms with Crippen LogP contribution in [0.15, 0.2) is 0 Å². The molecule has 1 saturated carbocycles. The van der Waals surface area contributed by atoms with E-state index in [2.05, 4.69) is 19.2 Å². The Morgan fingerprint density at radius 2 is 2.00 bits per heavy atom. The second-order valence-electron chi connectivity index (χ2n) is 6.45. The fourth-order valence-corrected chi connectivity index (χ4v) is 3.75. The Morgan fingerprint density at radius 3 is 2.60 bits per heavy atom. The van der Waals surface area contributed by atoms with E-state index in [1.54, 1.807) is 0 Å². The summed E-state index contributed by atoms with van der Waals surface area (Å²) in [6.45, 7) is 6.31. The quantitative estimate of drug-likeness (QED) is 0.860. The molecule has 1 aliphatic heterocycles. The maximum absolute atomic E-state index is 12.7. The highest BCUT2D eigenvalue weighted by Crippen LogP contribution is 2.31. The zero-order chi connectivity index (χ0) is 14.7. The van der Waals surface area contributed by atoms with E-state index in [9.17, 15) is 9.59 Å². The number of nitrogens with one attached hydrogen (secondary N) is 1. The third kappa shape index (κ3) is 2.99. The lowest BCUT2D eigenvalue weighted by atomic mass is 9.84. The van der Waals surface area contributed by atoms with Crippen molar-refractivity contribution in [1.82, 2.24) is 10.2 Å². The first-order valence-electron chi connectivity index (χ1n) is 8.21. The van der Waals surface area contributed by atoms with E-state index in [-0.39, 0.29) is 29.9 Å². The second kappa shape index (κ2) is 6.59. The van der Waals surface area contributed by atoms with Crippen molar-refractivity contribution < 1.29 is 9.59 Å². The van der Waals surface area contributed by atoms with Gasteiger partial charge in [-0.2, -0.15) is 0 Å². The molecular formula is C16H28N2O2. The summed E-state index contributed by atoms with van der Waals surface area (Å²) in [5.74, 6) is 0.856. The summed E-state index contributed by atoms with van der Waals surface area (Å²) in [5.41, 5.74) is 0. The number of amides is 2. The standard InChI is InChI=1S/C16H28N2O2/c1-4-7-13-16(20)18(14(5-2)15(19)17-13)12-9-6-8-11(3)10-12/h11-14H,4-10H2,1-3H3,(H,17,19). The molecule has 4 atom stereocenters. The molecule has 0 aromatic rings. The van der Waals surface area contributed by atoms with Gasteiger partial charge >= 0.3 is 0 Å². The number of carbonyl (C=O) groups is 2. The van der Waals surface area contributed by atoms with Crippen molar-refractivity contribution >= 4 is 11.8 Å². The molecule has 2 amide bonds. The second-order valence-corrected chi connectivity index (χ2v) is 6.45. The van der Waals surface area contributed by atoms with Gasteiger partial charge in [-0.15, -0.1) is 0 Å². The lowest BCUT2D eigenvalue weighted by Crippen LogP contribution is -2.65. The van der Waals surface area contributed by atoms with E-state index in [1.807, 2.05) is 11.8 Å². The molecule has 1 N–H and O–H groups in total. The molecule has 0 aromatic heterocycles. The largest absolute Gasteiger partial charge is 0.343 e. The molecule has 1 aliphatic carbocycles. The molecule has 4 nitrogen and oxygen atoms in total. The Balaban J connectivity index is 2.19. The molecule has 1 saturated heterocycles. The van der Waals surface area contributed by atoms with Crippen LogP contribution in [0, 0.1) is 5.92 Å².